The Balaban J connectivity index is 1.27. The molecule has 3 aliphatic heterocycles. The minimum Gasteiger partial charge on any atom is -0.493 e. The average Bonchev–Trinajstić information content (AvgIpc) is 3.68. The lowest BCUT2D eigenvalue weighted by Crippen LogP contribution is -2.61. The van der Waals surface area contributed by atoms with Crippen molar-refractivity contribution in [3.8, 4) is 5.75 Å². The van der Waals surface area contributed by atoms with Gasteiger partial charge in [-0.3, -0.25) is 14.5 Å². The van der Waals surface area contributed by atoms with Crippen molar-refractivity contribution in [2.24, 2.45) is 0 Å². The van der Waals surface area contributed by atoms with Gasteiger partial charge >= 0.3 is 0 Å². The van der Waals surface area contributed by atoms with Crippen LogP contribution in [0.4, 0.5) is 0 Å². The van der Waals surface area contributed by atoms with Crippen molar-refractivity contribution in [3.05, 3.63) is 59.9 Å². The first-order chi connectivity index (χ1) is 20.1. The minimum absolute atomic E-state index is 0.0444. The van der Waals surface area contributed by atoms with E-state index in [1.165, 1.54) is 0 Å². The summed E-state index contributed by atoms with van der Waals surface area (Å²) < 4.78 is 19.7. The second kappa shape index (κ2) is 12.4. The summed E-state index contributed by atoms with van der Waals surface area (Å²) in [5.41, 5.74) is 2.15. The first-order valence-corrected chi connectivity index (χ1v) is 14.1. The van der Waals surface area contributed by atoms with Crippen LogP contribution in [0, 0.1) is 0 Å². The van der Waals surface area contributed by atoms with Crippen LogP contribution in [-0.4, -0.2) is 105 Å². The molecule has 0 saturated carbocycles. The molecule has 2 saturated heterocycles. The Hall–Kier alpha value is -3.81. The summed E-state index contributed by atoms with van der Waals surface area (Å²) >= 11 is 0. The fourth-order valence-corrected chi connectivity index (χ4v) is 5.94. The van der Waals surface area contributed by atoms with Crippen LogP contribution < -0.4 is 10.1 Å². The second-order valence-corrected chi connectivity index (χ2v) is 10.8. The second-order valence-electron chi connectivity index (χ2n) is 10.8. The number of fused-ring (bicyclic) bond motifs is 4. The molecule has 0 unspecified atom stereocenters. The van der Waals surface area contributed by atoms with Crippen LogP contribution in [0.1, 0.15) is 47.1 Å². The molecule has 3 aliphatic rings. The highest BCUT2D eigenvalue weighted by Crippen LogP contribution is 2.31. The predicted octanol–water partition coefficient (Wildman–Crippen LogP) is 1.16. The Bertz CT molecular complexity index is 1330. The number of H-pyrrole nitrogens is 1. The van der Waals surface area contributed by atoms with Crippen LogP contribution in [0.15, 0.2) is 43.0 Å². The summed E-state index contributed by atoms with van der Waals surface area (Å²) in [7, 11) is 1.62. The highest BCUT2D eigenvalue weighted by Gasteiger charge is 2.39. The third-order valence-electron chi connectivity index (χ3n) is 8.04. The van der Waals surface area contributed by atoms with Crippen LogP contribution >= 0.6 is 0 Å². The lowest BCUT2D eigenvalue weighted by atomic mass is 9.96. The van der Waals surface area contributed by atoms with Gasteiger partial charge in [0, 0.05) is 58.1 Å². The van der Waals surface area contributed by atoms with Crippen LogP contribution in [0.25, 0.3) is 0 Å². The minimum atomic E-state index is -0.687. The van der Waals surface area contributed by atoms with E-state index in [4.69, 9.17) is 14.2 Å². The van der Waals surface area contributed by atoms with Gasteiger partial charge in [-0.25, -0.2) is 9.67 Å². The van der Waals surface area contributed by atoms with Crippen molar-refractivity contribution in [2.45, 2.75) is 56.7 Å². The number of aromatic amines is 1. The lowest BCUT2D eigenvalue weighted by molar-refractivity contribution is -0.130. The van der Waals surface area contributed by atoms with Gasteiger partial charge in [0.15, 0.2) is 0 Å². The number of aromatic nitrogens is 5. The summed E-state index contributed by atoms with van der Waals surface area (Å²) in [4.78, 5) is 38.8. The Morgan fingerprint density at radius 3 is 2.90 bits per heavy atom. The van der Waals surface area contributed by atoms with E-state index in [1.54, 1.807) is 30.6 Å². The van der Waals surface area contributed by atoms with Crippen molar-refractivity contribution < 1.29 is 23.8 Å². The summed E-state index contributed by atoms with van der Waals surface area (Å²) in [6, 6.07) is 6.47. The number of hydrogen-bond donors (Lipinski definition) is 2. The van der Waals surface area contributed by atoms with Crippen molar-refractivity contribution in [2.75, 3.05) is 39.9 Å². The first-order valence-electron chi connectivity index (χ1n) is 14.1. The third kappa shape index (κ3) is 6.11. The molecule has 41 heavy (non-hydrogen) atoms. The van der Waals surface area contributed by atoms with Crippen molar-refractivity contribution in [1.29, 1.82) is 0 Å². The number of carbonyl (C=O) groups excluding carboxylic acids is 2. The highest BCUT2D eigenvalue weighted by atomic mass is 16.5. The van der Waals surface area contributed by atoms with Crippen LogP contribution in [-0.2, 0) is 27.4 Å². The van der Waals surface area contributed by atoms with Gasteiger partial charge in [0.2, 0.25) is 5.91 Å². The van der Waals surface area contributed by atoms with Crippen molar-refractivity contribution in [1.82, 2.24) is 40.1 Å². The number of para-hydroxylation sites is 1. The zero-order valence-corrected chi connectivity index (χ0v) is 23.1. The van der Waals surface area contributed by atoms with Gasteiger partial charge in [0.1, 0.15) is 17.5 Å². The van der Waals surface area contributed by atoms with E-state index in [1.807, 2.05) is 29.1 Å². The number of nitrogens with zero attached hydrogens (tertiary/aromatic N) is 6. The molecular weight excluding hydrogens is 528 g/mol. The quantitative estimate of drug-likeness (QED) is 0.467. The molecular formula is C28H36N8O5. The SMILES string of the molecule is COCc1cn([C@@H]2CC[C@H]3CCOc4ccccc4C(=O)N4CCN(Cc5cnc[nH]5)C[C@H]4C(=O)NC[C@H]2O3)nn1. The van der Waals surface area contributed by atoms with Gasteiger partial charge < -0.3 is 29.4 Å². The lowest BCUT2D eigenvalue weighted by Gasteiger charge is -2.41. The maximum atomic E-state index is 13.9. The van der Waals surface area contributed by atoms with E-state index in [0.29, 0.717) is 57.1 Å². The number of benzene rings is 1. The van der Waals surface area contributed by atoms with Gasteiger partial charge in [0.05, 0.1) is 49.6 Å². The molecule has 6 rings (SSSR count). The van der Waals surface area contributed by atoms with E-state index in [0.717, 1.165) is 24.2 Å². The normalized spacial score (nSPS) is 25.9. The number of rotatable bonds is 5. The van der Waals surface area contributed by atoms with E-state index >= 15 is 0 Å². The molecule has 5 heterocycles. The number of carbonyl (C=O) groups is 2. The smallest absolute Gasteiger partial charge is 0.258 e. The summed E-state index contributed by atoms with van der Waals surface area (Å²) in [6.45, 7) is 3.11. The zero-order chi connectivity index (χ0) is 28.2. The molecule has 218 valence electrons. The molecule has 2 aromatic heterocycles. The molecule has 2 bridgehead atoms. The van der Waals surface area contributed by atoms with E-state index in [9.17, 15) is 9.59 Å². The molecule has 13 nitrogen and oxygen atoms in total. The van der Waals surface area contributed by atoms with E-state index in [2.05, 4.69) is 30.5 Å². The fourth-order valence-electron chi connectivity index (χ4n) is 5.94. The summed E-state index contributed by atoms with van der Waals surface area (Å²) in [6.07, 6.45) is 7.23. The molecule has 4 atom stereocenters. The van der Waals surface area contributed by atoms with Crippen LogP contribution in [0.3, 0.4) is 0 Å². The topological polar surface area (TPSA) is 140 Å². The molecule has 0 aliphatic carbocycles. The Kier molecular flexibility index (Phi) is 8.26. The number of imidazole rings is 1. The third-order valence-corrected chi connectivity index (χ3v) is 8.04. The predicted molar refractivity (Wildman–Crippen MR) is 146 cm³/mol. The van der Waals surface area contributed by atoms with Gasteiger partial charge in [0.25, 0.3) is 5.91 Å². The fraction of sp³-hybridized carbons (Fsp3) is 0.536. The monoisotopic (exact) mass is 564 g/mol. The molecule has 1 aromatic carbocycles. The van der Waals surface area contributed by atoms with Crippen molar-refractivity contribution >= 4 is 11.8 Å². The Morgan fingerprint density at radius 2 is 2.05 bits per heavy atom. The maximum absolute atomic E-state index is 13.9. The number of piperazine rings is 1. The molecule has 2 fully saturated rings. The molecule has 13 heteroatoms. The molecule has 3 aromatic rings. The highest BCUT2D eigenvalue weighted by molar-refractivity contribution is 6.00. The van der Waals surface area contributed by atoms with Crippen LogP contribution in [0.2, 0.25) is 0 Å². The number of methoxy groups -OCH3 is 1. The first kappa shape index (κ1) is 27.4. The Morgan fingerprint density at radius 1 is 1.15 bits per heavy atom. The van der Waals surface area contributed by atoms with Crippen molar-refractivity contribution in [3.63, 3.8) is 0 Å². The van der Waals surface area contributed by atoms with E-state index in [-0.39, 0.29) is 36.6 Å². The summed E-state index contributed by atoms with van der Waals surface area (Å²) in [5, 5.41) is 11.7. The number of amides is 2. The summed E-state index contributed by atoms with van der Waals surface area (Å²) in [5.74, 6) is 0.0972. The van der Waals surface area contributed by atoms with Gasteiger partial charge in [-0.2, -0.15) is 0 Å². The molecule has 0 spiro atoms. The largest absolute Gasteiger partial charge is 0.493 e. The number of nitrogens with one attached hydrogen (secondary N) is 2. The molecule has 2 N–H and O–H groups in total. The zero-order valence-electron chi connectivity index (χ0n) is 23.1. The molecule has 2 amide bonds. The number of hydrogen-bond acceptors (Lipinski definition) is 9. The van der Waals surface area contributed by atoms with E-state index < -0.39 is 6.04 Å². The van der Waals surface area contributed by atoms with Gasteiger partial charge in [-0.1, -0.05) is 17.3 Å². The molecule has 0 radical (unpaired) electrons. The average molecular weight is 565 g/mol. The van der Waals surface area contributed by atoms with Gasteiger partial charge in [-0.05, 0) is 25.0 Å². The maximum Gasteiger partial charge on any atom is 0.258 e. The van der Waals surface area contributed by atoms with Gasteiger partial charge in [-0.15, -0.1) is 5.10 Å². The number of ether oxygens (including phenoxy) is 3. The van der Waals surface area contributed by atoms with Crippen LogP contribution in [0.5, 0.6) is 5.75 Å². The Labute approximate surface area is 238 Å². The standard InChI is InChI=1S/C28H36N8O5/c1-39-17-20-15-36(33-32-20)23-7-6-21-8-11-40-25-5-3-2-4-22(25)28(38)35-10-9-34(14-19-12-29-18-31-19)16-24(35)27(37)30-13-26(23)41-21/h2-5,12,15,18,21,23-24,26H,6-11,13-14,16-17H2,1H3,(H,29,31)(H,30,37)/t21-,23+,24-,26+/m0/s1.